The molecule has 3 heterocycles. The number of aromatic nitrogens is 6. The highest BCUT2D eigenvalue weighted by Gasteiger charge is 2.18. The van der Waals surface area contributed by atoms with E-state index in [1.54, 1.807) is 0 Å². The standard InChI is InChI=1S/C35H31N7/c1-4-10-32-39-33-23(2)19-26(34-37-27-13-8-9-14-29(27)40(34)3)21-31(33)42(32)22-24-15-16-28-30(20-24)41(18-17-36)35(38-28)25-11-6-5-7-12-25/h5-9,11-16,19-21H,4,10,18,22H2,1-3H3. The quantitative estimate of drug-likeness (QED) is 0.207. The number of fused-ring (bicyclic) bond motifs is 3. The van der Waals surface area contributed by atoms with Gasteiger partial charge >= 0.3 is 0 Å². The van der Waals surface area contributed by atoms with E-state index in [2.05, 4.69) is 84.6 Å². The number of aryl methyl sites for hydroxylation is 3. The van der Waals surface area contributed by atoms with Crippen LogP contribution in [0.3, 0.4) is 0 Å². The third kappa shape index (κ3) is 4.24. The third-order valence-corrected chi connectivity index (χ3v) is 8.06. The van der Waals surface area contributed by atoms with Crippen LogP contribution >= 0.6 is 0 Å². The highest BCUT2D eigenvalue weighted by molar-refractivity contribution is 5.87. The summed E-state index contributed by atoms with van der Waals surface area (Å²) in [5.41, 5.74) is 10.5. The lowest BCUT2D eigenvalue weighted by atomic mass is 10.1. The Morgan fingerprint density at radius 3 is 2.29 bits per heavy atom. The molecule has 0 amide bonds. The molecule has 206 valence electrons. The lowest BCUT2D eigenvalue weighted by molar-refractivity contribution is 0.722. The molecular formula is C35H31N7. The lowest BCUT2D eigenvalue weighted by Crippen LogP contribution is -2.06. The first-order chi connectivity index (χ1) is 20.6. The predicted molar refractivity (Wildman–Crippen MR) is 168 cm³/mol. The molecule has 0 saturated carbocycles. The van der Waals surface area contributed by atoms with Crippen molar-refractivity contribution in [3.8, 4) is 28.8 Å². The van der Waals surface area contributed by atoms with E-state index in [1.165, 1.54) is 0 Å². The van der Waals surface area contributed by atoms with Crippen LogP contribution in [0.15, 0.2) is 84.9 Å². The van der Waals surface area contributed by atoms with Gasteiger partial charge in [-0.3, -0.25) is 0 Å². The van der Waals surface area contributed by atoms with Gasteiger partial charge in [0.15, 0.2) is 0 Å². The van der Waals surface area contributed by atoms with Crippen molar-refractivity contribution in [3.63, 3.8) is 0 Å². The molecule has 7 aromatic rings. The molecular weight excluding hydrogens is 518 g/mol. The summed E-state index contributed by atoms with van der Waals surface area (Å²) in [6, 6.07) is 31.5. The topological polar surface area (TPSA) is 77.2 Å². The minimum absolute atomic E-state index is 0.236. The first-order valence-corrected chi connectivity index (χ1v) is 14.4. The van der Waals surface area contributed by atoms with Crippen LogP contribution in [0.1, 0.15) is 30.3 Å². The van der Waals surface area contributed by atoms with Crippen LogP contribution < -0.4 is 0 Å². The van der Waals surface area contributed by atoms with Crippen molar-refractivity contribution in [3.05, 3.63) is 102 Å². The Bertz CT molecular complexity index is 2140. The summed E-state index contributed by atoms with van der Waals surface area (Å²) in [7, 11) is 2.08. The van der Waals surface area contributed by atoms with Crippen molar-refractivity contribution < 1.29 is 0 Å². The molecule has 3 aromatic heterocycles. The monoisotopic (exact) mass is 549 g/mol. The van der Waals surface area contributed by atoms with Gasteiger partial charge in [0, 0.05) is 31.1 Å². The van der Waals surface area contributed by atoms with Gasteiger partial charge < -0.3 is 13.7 Å². The third-order valence-electron chi connectivity index (χ3n) is 8.06. The van der Waals surface area contributed by atoms with Crippen LogP contribution in [0.25, 0.3) is 55.9 Å². The van der Waals surface area contributed by atoms with Crippen LogP contribution in [0.5, 0.6) is 0 Å². The van der Waals surface area contributed by atoms with Crippen molar-refractivity contribution in [2.24, 2.45) is 7.05 Å². The van der Waals surface area contributed by atoms with E-state index in [9.17, 15) is 5.26 Å². The molecule has 7 heteroatoms. The first-order valence-electron chi connectivity index (χ1n) is 14.4. The van der Waals surface area contributed by atoms with Gasteiger partial charge in [0.05, 0.1) is 39.2 Å². The van der Waals surface area contributed by atoms with E-state index >= 15 is 0 Å². The molecule has 0 bridgehead atoms. The summed E-state index contributed by atoms with van der Waals surface area (Å²) in [4.78, 5) is 15.0. The first kappa shape index (κ1) is 25.7. The van der Waals surface area contributed by atoms with Gasteiger partial charge in [-0.05, 0) is 60.9 Å². The van der Waals surface area contributed by atoms with E-state index in [0.29, 0.717) is 6.54 Å². The zero-order valence-electron chi connectivity index (χ0n) is 24.0. The maximum Gasteiger partial charge on any atom is 0.142 e. The highest BCUT2D eigenvalue weighted by Crippen LogP contribution is 2.31. The van der Waals surface area contributed by atoms with Crippen molar-refractivity contribution >= 4 is 33.1 Å². The average Bonchev–Trinajstić information content (AvgIpc) is 3.66. The summed E-state index contributed by atoms with van der Waals surface area (Å²) in [6.45, 7) is 5.24. The van der Waals surface area contributed by atoms with E-state index in [0.717, 1.165) is 85.7 Å². The van der Waals surface area contributed by atoms with Gasteiger partial charge in [0.1, 0.15) is 24.0 Å². The molecule has 0 aliphatic carbocycles. The molecule has 42 heavy (non-hydrogen) atoms. The molecule has 0 aliphatic rings. The Kier molecular flexibility index (Phi) is 6.32. The Labute approximate surface area is 244 Å². The minimum Gasteiger partial charge on any atom is -0.327 e. The summed E-state index contributed by atoms with van der Waals surface area (Å²) < 4.78 is 6.53. The zero-order valence-corrected chi connectivity index (χ0v) is 24.0. The van der Waals surface area contributed by atoms with Gasteiger partial charge in [0.25, 0.3) is 0 Å². The number of benzene rings is 4. The van der Waals surface area contributed by atoms with Gasteiger partial charge in [-0.2, -0.15) is 5.26 Å². The van der Waals surface area contributed by atoms with Crippen LogP contribution in [0.4, 0.5) is 0 Å². The molecule has 7 rings (SSSR count). The molecule has 0 radical (unpaired) electrons. The van der Waals surface area contributed by atoms with Gasteiger partial charge in [0.2, 0.25) is 0 Å². The number of hydrogen-bond acceptors (Lipinski definition) is 4. The fraction of sp³-hybridized carbons (Fsp3) is 0.200. The van der Waals surface area contributed by atoms with Crippen molar-refractivity contribution in [1.82, 2.24) is 28.7 Å². The Morgan fingerprint density at radius 1 is 0.738 bits per heavy atom. The maximum absolute atomic E-state index is 9.65. The zero-order chi connectivity index (χ0) is 28.8. The van der Waals surface area contributed by atoms with E-state index < -0.39 is 0 Å². The fourth-order valence-electron chi connectivity index (χ4n) is 6.05. The predicted octanol–water partition coefficient (Wildman–Crippen LogP) is 7.44. The van der Waals surface area contributed by atoms with Gasteiger partial charge in [-0.15, -0.1) is 0 Å². The number of hydrogen-bond donors (Lipinski definition) is 0. The maximum atomic E-state index is 9.65. The summed E-state index contributed by atoms with van der Waals surface area (Å²) in [5.74, 6) is 2.83. The SMILES string of the molecule is CCCc1nc2c(C)cc(-c3nc4ccccc4n3C)cc2n1Cc1ccc2nc(-c3ccccc3)n(CC#N)c2c1. The van der Waals surface area contributed by atoms with Crippen molar-refractivity contribution in [1.29, 1.82) is 5.26 Å². The van der Waals surface area contributed by atoms with Gasteiger partial charge in [-0.1, -0.05) is 55.5 Å². The van der Waals surface area contributed by atoms with Crippen LogP contribution in [-0.4, -0.2) is 28.7 Å². The number of nitrogens with zero attached hydrogens (tertiary/aromatic N) is 7. The molecule has 0 aliphatic heterocycles. The smallest absolute Gasteiger partial charge is 0.142 e. The molecule has 0 unspecified atom stereocenters. The molecule has 0 fully saturated rings. The number of nitriles is 1. The Morgan fingerprint density at radius 2 is 1.50 bits per heavy atom. The normalized spacial score (nSPS) is 11.6. The van der Waals surface area contributed by atoms with Crippen LogP contribution in [0, 0.1) is 18.3 Å². The second kappa shape index (κ2) is 10.3. The van der Waals surface area contributed by atoms with E-state index in [-0.39, 0.29) is 6.54 Å². The number of imidazole rings is 3. The van der Waals surface area contributed by atoms with E-state index in [4.69, 9.17) is 15.0 Å². The van der Waals surface area contributed by atoms with Crippen molar-refractivity contribution in [2.45, 2.75) is 39.8 Å². The molecule has 0 saturated heterocycles. The lowest BCUT2D eigenvalue weighted by Gasteiger charge is -2.11. The molecule has 0 N–H and O–H groups in total. The second-order valence-corrected chi connectivity index (χ2v) is 10.9. The van der Waals surface area contributed by atoms with Crippen molar-refractivity contribution in [2.75, 3.05) is 0 Å². The highest BCUT2D eigenvalue weighted by atomic mass is 15.1. The largest absolute Gasteiger partial charge is 0.327 e. The van der Waals surface area contributed by atoms with Crippen LogP contribution in [0.2, 0.25) is 0 Å². The average molecular weight is 550 g/mol. The number of para-hydroxylation sites is 2. The minimum atomic E-state index is 0.236. The molecule has 4 aromatic carbocycles. The number of rotatable bonds is 7. The molecule has 7 nitrogen and oxygen atoms in total. The van der Waals surface area contributed by atoms with Crippen LogP contribution in [-0.2, 0) is 26.6 Å². The summed E-state index contributed by atoms with van der Waals surface area (Å²) in [5, 5.41) is 9.65. The molecule has 0 spiro atoms. The van der Waals surface area contributed by atoms with E-state index in [1.807, 2.05) is 41.0 Å². The summed E-state index contributed by atoms with van der Waals surface area (Å²) in [6.07, 6.45) is 1.90. The van der Waals surface area contributed by atoms with Gasteiger partial charge in [-0.25, -0.2) is 15.0 Å². The second-order valence-electron chi connectivity index (χ2n) is 10.9. The summed E-state index contributed by atoms with van der Waals surface area (Å²) >= 11 is 0. The fourth-order valence-corrected chi connectivity index (χ4v) is 6.05. The Balaban J connectivity index is 1.36. The molecule has 0 atom stereocenters. The Hall–Kier alpha value is -5.22.